The lowest BCUT2D eigenvalue weighted by Gasteiger charge is -2.08. The van der Waals surface area contributed by atoms with Gasteiger partial charge in [-0.05, 0) is 25.3 Å². The van der Waals surface area contributed by atoms with Crippen LogP contribution in [0.5, 0.6) is 0 Å². The topological polar surface area (TPSA) is 70.1 Å². The Balaban J connectivity index is 2.25. The van der Waals surface area contributed by atoms with Crippen molar-refractivity contribution in [2.45, 2.75) is 26.2 Å². The van der Waals surface area contributed by atoms with E-state index in [-0.39, 0.29) is 6.61 Å². The third-order valence-electron chi connectivity index (χ3n) is 2.89. The molecule has 2 heterocycles. The number of rotatable bonds is 7. The maximum Gasteiger partial charge on any atom is 0.225 e. The largest absolute Gasteiger partial charge is 0.396 e. The number of aliphatic hydroxyl groups is 1. The summed E-state index contributed by atoms with van der Waals surface area (Å²) in [6, 6.07) is 2.16. The van der Waals surface area contributed by atoms with Gasteiger partial charge in [0.25, 0.3) is 0 Å². The fourth-order valence-corrected chi connectivity index (χ4v) is 2.80. The van der Waals surface area contributed by atoms with E-state index >= 15 is 0 Å². The van der Waals surface area contributed by atoms with Gasteiger partial charge in [0.1, 0.15) is 10.6 Å². The van der Waals surface area contributed by atoms with E-state index in [0.29, 0.717) is 5.95 Å². The number of nitrogens with zero attached hydrogens (tertiary/aromatic N) is 2. The zero-order chi connectivity index (χ0) is 13.7. The van der Waals surface area contributed by atoms with Gasteiger partial charge in [0.05, 0.1) is 5.39 Å². The van der Waals surface area contributed by atoms with E-state index in [1.165, 1.54) is 4.88 Å². The van der Waals surface area contributed by atoms with E-state index in [2.05, 4.69) is 33.6 Å². The van der Waals surface area contributed by atoms with Crippen LogP contribution in [0.1, 0.15) is 24.6 Å². The van der Waals surface area contributed by atoms with Gasteiger partial charge >= 0.3 is 0 Å². The lowest BCUT2D eigenvalue weighted by atomic mass is 10.3. The molecule has 0 saturated heterocycles. The fraction of sp³-hybridized carbons (Fsp3) is 0.538. The molecule has 3 N–H and O–H groups in total. The molecule has 0 radical (unpaired) electrons. The van der Waals surface area contributed by atoms with Gasteiger partial charge in [-0.1, -0.05) is 6.92 Å². The molecule has 6 heteroatoms. The molecule has 0 amide bonds. The highest BCUT2D eigenvalue weighted by Crippen LogP contribution is 2.30. The monoisotopic (exact) mass is 280 g/mol. The number of fused-ring (bicyclic) bond motifs is 1. The molecular weight excluding hydrogens is 260 g/mol. The summed E-state index contributed by atoms with van der Waals surface area (Å²) in [5.41, 5.74) is 0. The van der Waals surface area contributed by atoms with Crippen LogP contribution in [0, 0.1) is 0 Å². The van der Waals surface area contributed by atoms with Crippen molar-refractivity contribution < 1.29 is 5.11 Å². The summed E-state index contributed by atoms with van der Waals surface area (Å²) in [5.74, 6) is 1.52. The molecule has 2 rings (SSSR count). The minimum Gasteiger partial charge on any atom is -0.396 e. The van der Waals surface area contributed by atoms with E-state index in [9.17, 15) is 0 Å². The minimum absolute atomic E-state index is 0.237. The second kappa shape index (κ2) is 6.68. The second-order valence-corrected chi connectivity index (χ2v) is 5.40. The first kappa shape index (κ1) is 14.0. The third kappa shape index (κ3) is 3.33. The fourth-order valence-electron chi connectivity index (χ4n) is 1.84. The van der Waals surface area contributed by atoms with E-state index < -0.39 is 0 Å². The van der Waals surface area contributed by atoms with Crippen LogP contribution >= 0.6 is 11.3 Å². The van der Waals surface area contributed by atoms with Gasteiger partial charge in [0.2, 0.25) is 5.95 Å². The van der Waals surface area contributed by atoms with E-state index in [0.717, 1.165) is 41.8 Å². The number of nitrogens with one attached hydrogen (secondary N) is 2. The van der Waals surface area contributed by atoms with Crippen molar-refractivity contribution in [1.82, 2.24) is 9.97 Å². The quantitative estimate of drug-likeness (QED) is 0.680. The zero-order valence-corrected chi connectivity index (χ0v) is 12.2. The first-order valence-electron chi connectivity index (χ1n) is 6.61. The Morgan fingerprint density at radius 1 is 1.32 bits per heavy atom. The molecule has 19 heavy (non-hydrogen) atoms. The summed E-state index contributed by atoms with van der Waals surface area (Å²) < 4.78 is 0. The Labute approximate surface area is 117 Å². The van der Waals surface area contributed by atoms with E-state index in [1.807, 2.05) is 7.05 Å². The summed E-state index contributed by atoms with van der Waals surface area (Å²) in [6.07, 6.45) is 2.76. The SMILES string of the molecule is CCc1cc2c(NCCCCO)nc(NC)nc2s1. The number of hydrogen-bond donors (Lipinski definition) is 3. The van der Waals surface area contributed by atoms with Crippen LogP contribution in [0.4, 0.5) is 11.8 Å². The van der Waals surface area contributed by atoms with Crippen molar-refractivity contribution >= 4 is 33.3 Å². The van der Waals surface area contributed by atoms with Crippen molar-refractivity contribution in [3.8, 4) is 0 Å². The molecule has 0 bridgehead atoms. The van der Waals surface area contributed by atoms with Gasteiger partial charge in [-0.3, -0.25) is 0 Å². The van der Waals surface area contributed by atoms with Gasteiger partial charge in [-0.15, -0.1) is 11.3 Å². The van der Waals surface area contributed by atoms with Crippen molar-refractivity contribution in [1.29, 1.82) is 0 Å². The highest BCUT2D eigenvalue weighted by atomic mass is 32.1. The Hall–Kier alpha value is -1.40. The number of unbranched alkanes of at least 4 members (excludes halogenated alkanes) is 1. The molecule has 0 spiro atoms. The standard InChI is InChI=1S/C13H20N4OS/c1-3-9-8-10-11(15-6-4-5-7-18)16-13(14-2)17-12(10)19-9/h8,18H,3-7H2,1-2H3,(H2,14,15,16,17). The minimum atomic E-state index is 0.237. The number of aliphatic hydroxyl groups excluding tert-OH is 1. The van der Waals surface area contributed by atoms with Gasteiger partial charge in [0, 0.05) is 25.1 Å². The maximum absolute atomic E-state index is 8.79. The van der Waals surface area contributed by atoms with Crippen molar-refractivity contribution in [3.05, 3.63) is 10.9 Å². The van der Waals surface area contributed by atoms with Gasteiger partial charge in [0.15, 0.2) is 0 Å². The molecule has 2 aromatic heterocycles. The van der Waals surface area contributed by atoms with E-state index in [1.54, 1.807) is 11.3 Å². The van der Waals surface area contributed by atoms with Gasteiger partial charge in [-0.2, -0.15) is 4.98 Å². The average Bonchev–Trinajstić information content (AvgIpc) is 2.86. The average molecular weight is 280 g/mol. The van der Waals surface area contributed by atoms with Crippen LogP contribution in [0.25, 0.3) is 10.2 Å². The molecule has 0 aliphatic carbocycles. The van der Waals surface area contributed by atoms with Crippen LogP contribution in [0.3, 0.4) is 0 Å². The third-order valence-corrected chi connectivity index (χ3v) is 4.07. The van der Waals surface area contributed by atoms with Crippen molar-refractivity contribution in [2.24, 2.45) is 0 Å². The van der Waals surface area contributed by atoms with Crippen LogP contribution < -0.4 is 10.6 Å². The van der Waals surface area contributed by atoms with E-state index in [4.69, 9.17) is 5.11 Å². The summed E-state index contributed by atoms with van der Waals surface area (Å²) in [6.45, 7) is 3.19. The highest BCUT2D eigenvalue weighted by molar-refractivity contribution is 7.18. The van der Waals surface area contributed by atoms with Crippen LogP contribution in [-0.2, 0) is 6.42 Å². The number of anilines is 2. The zero-order valence-electron chi connectivity index (χ0n) is 11.4. The highest BCUT2D eigenvalue weighted by Gasteiger charge is 2.10. The molecule has 0 aromatic carbocycles. The maximum atomic E-state index is 8.79. The lowest BCUT2D eigenvalue weighted by Crippen LogP contribution is -2.06. The Bertz CT molecular complexity index is 541. The normalized spacial score (nSPS) is 10.9. The van der Waals surface area contributed by atoms with Crippen LogP contribution in [0.15, 0.2) is 6.07 Å². The number of aryl methyl sites for hydroxylation is 1. The summed E-state index contributed by atoms with van der Waals surface area (Å²) in [7, 11) is 1.82. The van der Waals surface area contributed by atoms with Crippen molar-refractivity contribution in [3.63, 3.8) is 0 Å². The van der Waals surface area contributed by atoms with Crippen LogP contribution in [-0.4, -0.2) is 35.3 Å². The Morgan fingerprint density at radius 2 is 2.16 bits per heavy atom. The molecule has 0 saturated carbocycles. The van der Waals surface area contributed by atoms with Crippen LogP contribution in [0.2, 0.25) is 0 Å². The summed E-state index contributed by atoms with van der Waals surface area (Å²) in [5, 5.41) is 16.2. The molecule has 5 nitrogen and oxygen atoms in total. The predicted molar refractivity (Wildman–Crippen MR) is 81.1 cm³/mol. The molecule has 0 aliphatic rings. The number of thiophene rings is 1. The first-order chi connectivity index (χ1) is 9.28. The van der Waals surface area contributed by atoms with Gasteiger partial charge in [-0.25, -0.2) is 4.98 Å². The second-order valence-electron chi connectivity index (χ2n) is 4.29. The molecule has 0 fully saturated rings. The van der Waals surface area contributed by atoms with Gasteiger partial charge < -0.3 is 15.7 Å². The molecule has 0 atom stereocenters. The number of hydrogen-bond acceptors (Lipinski definition) is 6. The molecule has 0 aliphatic heterocycles. The first-order valence-corrected chi connectivity index (χ1v) is 7.43. The van der Waals surface area contributed by atoms with Crippen molar-refractivity contribution in [2.75, 3.05) is 30.8 Å². The number of aromatic nitrogens is 2. The lowest BCUT2D eigenvalue weighted by molar-refractivity contribution is 0.286. The Kier molecular flexibility index (Phi) is 4.93. The Morgan fingerprint density at radius 3 is 2.84 bits per heavy atom. The summed E-state index contributed by atoms with van der Waals surface area (Å²) >= 11 is 1.71. The molecular formula is C13H20N4OS. The smallest absolute Gasteiger partial charge is 0.225 e. The molecule has 0 unspecified atom stereocenters. The molecule has 2 aromatic rings. The summed E-state index contributed by atoms with van der Waals surface area (Å²) in [4.78, 5) is 11.3. The predicted octanol–water partition coefficient (Wildman–Crippen LogP) is 2.48. The molecule has 104 valence electrons.